The molecule has 0 saturated carbocycles. The summed E-state index contributed by atoms with van der Waals surface area (Å²) in [7, 11) is 0. The lowest BCUT2D eigenvalue weighted by molar-refractivity contribution is 0.598. The highest BCUT2D eigenvalue weighted by Crippen LogP contribution is 2.26. The predicted molar refractivity (Wildman–Crippen MR) is 66.6 cm³/mol. The van der Waals surface area contributed by atoms with Gasteiger partial charge in [-0.2, -0.15) is 0 Å². The molecular formula is C11H6BrClF2N2. The SMILES string of the molecule is Fc1cc(Nc2ccnc(Cl)c2)c(F)cc1Br. The fourth-order valence-corrected chi connectivity index (χ4v) is 1.74. The number of anilines is 2. The van der Waals surface area contributed by atoms with Crippen LogP contribution in [0.4, 0.5) is 20.2 Å². The second-order valence-electron chi connectivity index (χ2n) is 3.24. The number of hydrogen-bond donors (Lipinski definition) is 1. The van der Waals surface area contributed by atoms with Gasteiger partial charge in [0.15, 0.2) is 0 Å². The molecule has 0 aliphatic heterocycles. The maximum absolute atomic E-state index is 13.5. The molecule has 1 heterocycles. The fraction of sp³-hybridized carbons (Fsp3) is 0. The van der Waals surface area contributed by atoms with Gasteiger partial charge >= 0.3 is 0 Å². The second kappa shape index (κ2) is 4.98. The summed E-state index contributed by atoms with van der Waals surface area (Å²) in [6, 6.07) is 5.24. The number of hydrogen-bond acceptors (Lipinski definition) is 2. The molecule has 0 atom stereocenters. The van der Waals surface area contributed by atoms with E-state index in [9.17, 15) is 8.78 Å². The first-order valence-corrected chi connectivity index (χ1v) is 5.76. The Kier molecular flexibility index (Phi) is 3.59. The molecule has 0 amide bonds. The summed E-state index contributed by atoms with van der Waals surface area (Å²) in [4.78, 5) is 3.79. The van der Waals surface area contributed by atoms with Crippen molar-refractivity contribution in [3.63, 3.8) is 0 Å². The van der Waals surface area contributed by atoms with Crippen LogP contribution in [0, 0.1) is 11.6 Å². The van der Waals surface area contributed by atoms with Crippen LogP contribution in [-0.4, -0.2) is 4.98 Å². The van der Waals surface area contributed by atoms with Crippen molar-refractivity contribution in [2.45, 2.75) is 0 Å². The Morgan fingerprint density at radius 3 is 2.65 bits per heavy atom. The first kappa shape index (κ1) is 12.3. The van der Waals surface area contributed by atoms with Crippen molar-refractivity contribution in [1.82, 2.24) is 4.98 Å². The summed E-state index contributed by atoms with van der Waals surface area (Å²) < 4.78 is 26.8. The monoisotopic (exact) mass is 318 g/mol. The van der Waals surface area contributed by atoms with Gasteiger partial charge in [0.1, 0.15) is 16.8 Å². The third-order valence-electron chi connectivity index (χ3n) is 2.02. The number of benzene rings is 1. The van der Waals surface area contributed by atoms with Gasteiger partial charge in [-0.3, -0.25) is 0 Å². The summed E-state index contributed by atoms with van der Waals surface area (Å²) in [5.74, 6) is -1.11. The van der Waals surface area contributed by atoms with Gasteiger partial charge in [0.2, 0.25) is 0 Å². The Hall–Kier alpha value is -1.20. The number of rotatable bonds is 2. The van der Waals surface area contributed by atoms with Gasteiger partial charge in [-0.25, -0.2) is 13.8 Å². The third-order valence-corrected chi connectivity index (χ3v) is 2.83. The van der Waals surface area contributed by atoms with Crippen LogP contribution >= 0.6 is 27.5 Å². The van der Waals surface area contributed by atoms with Crippen LogP contribution in [0.3, 0.4) is 0 Å². The molecular weight excluding hydrogens is 313 g/mol. The largest absolute Gasteiger partial charge is 0.353 e. The fourth-order valence-electron chi connectivity index (χ4n) is 1.25. The van der Waals surface area contributed by atoms with Gasteiger partial charge in [0.25, 0.3) is 0 Å². The van der Waals surface area contributed by atoms with Crippen molar-refractivity contribution >= 4 is 38.9 Å². The van der Waals surface area contributed by atoms with Gasteiger partial charge in [-0.1, -0.05) is 11.6 Å². The quantitative estimate of drug-likeness (QED) is 0.650. The molecule has 0 fully saturated rings. The van der Waals surface area contributed by atoms with E-state index >= 15 is 0 Å². The molecule has 0 saturated heterocycles. The zero-order valence-electron chi connectivity index (χ0n) is 8.35. The van der Waals surface area contributed by atoms with Crippen LogP contribution in [0.5, 0.6) is 0 Å². The molecule has 0 unspecified atom stereocenters. The first-order valence-electron chi connectivity index (χ1n) is 4.59. The molecule has 0 spiro atoms. The topological polar surface area (TPSA) is 24.9 Å². The maximum Gasteiger partial charge on any atom is 0.147 e. The standard InChI is InChI=1S/C11H6BrClF2N2/c12-7-4-9(15)10(5-8(7)14)17-6-1-2-16-11(13)3-6/h1-5H,(H,16,17). The Bertz CT molecular complexity index is 563. The van der Waals surface area contributed by atoms with Gasteiger partial charge in [-0.05, 0) is 34.1 Å². The van der Waals surface area contributed by atoms with Crippen LogP contribution < -0.4 is 5.32 Å². The number of nitrogens with one attached hydrogen (secondary N) is 1. The Morgan fingerprint density at radius 2 is 1.94 bits per heavy atom. The molecule has 0 aliphatic carbocycles. The molecule has 0 bridgehead atoms. The number of nitrogens with zero attached hydrogens (tertiary/aromatic N) is 1. The van der Waals surface area contributed by atoms with Crippen LogP contribution in [-0.2, 0) is 0 Å². The zero-order chi connectivity index (χ0) is 12.4. The molecule has 0 aliphatic rings. The van der Waals surface area contributed by atoms with E-state index in [2.05, 4.69) is 26.2 Å². The van der Waals surface area contributed by atoms with Gasteiger partial charge in [0, 0.05) is 18.0 Å². The lowest BCUT2D eigenvalue weighted by atomic mass is 10.3. The normalized spacial score (nSPS) is 10.4. The lowest BCUT2D eigenvalue weighted by Crippen LogP contribution is -1.95. The number of aromatic nitrogens is 1. The van der Waals surface area contributed by atoms with E-state index in [0.717, 1.165) is 12.1 Å². The molecule has 88 valence electrons. The minimum absolute atomic E-state index is 0.0352. The average molecular weight is 320 g/mol. The van der Waals surface area contributed by atoms with Crippen LogP contribution in [0.15, 0.2) is 34.9 Å². The number of pyridine rings is 1. The van der Waals surface area contributed by atoms with E-state index in [1.807, 2.05) is 0 Å². The molecule has 1 aromatic heterocycles. The Morgan fingerprint density at radius 1 is 1.18 bits per heavy atom. The van der Waals surface area contributed by atoms with E-state index in [0.29, 0.717) is 5.69 Å². The minimum Gasteiger partial charge on any atom is -0.353 e. The molecule has 6 heteroatoms. The van der Waals surface area contributed by atoms with Gasteiger partial charge in [-0.15, -0.1) is 0 Å². The van der Waals surface area contributed by atoms with Crippen molar-refractivity contribution in [2.24, 2.45) is 0 Å². The lowest BCUT2D eigenvalue weighted by Gasteiger charge is -2.08. The highest BCUT2D eigenvalue weighted by atomic mass is 79.9. The van der Waals surface area contributed by atoms with Crippen molar-refractivity contribution in [1.29, 1.82) is 0 Å². The predicted octanol–water partition coefficient (Wildman–Crippen LogP) is 4.52. The molecule has 1 aromatic carbocycles. The van der Waals surface area contributed by atoms with Crippen LogP contribution in [0.2, 0.25) is 5.15 Å². The summed E-state index contributed by atoms with van der Waals surface area (Å²) in [6.07, 6.45) is 1.47. The molecule has 2 aromatic rings. The zero-order valence-corrected chi connectivity index (χ0v) is 10.7. The highest BCUT2D eigenvalue weighted by molar-refractivity contribution is 9.10. The van der Waals surface area contributed by atoms with E-state index in [1.54, 1.807) is 6.07 Å². The van der Waals surface area contributed by atoms with Crippen molar-refractivity contribution in [3.8, 4) is 0 Å². The third kappa shape index (κ3) is 2.92. The van der Waals surface area contributed by atoms with Crippen LogP contribution in [0.25, 0.3) is 0 Å². The van der Waals surface area contributed by atoms with Crippen LogP contribution in [0.1, 0.15) is 0 Å². The Balaban J connectivity index is 2.33. The molecule has 17 heavy (non-hydrogen) atoms. The van der Waals surface area contributed by atoms with E-state index in [1.165, 1.54) is 12.3 Å². The Labute approximate surface area is 110 Å². The smallest absolute Gasteiger partial charge is 0.147 e. The molecule has 2 nitrogen and oxygen atoms in total. The van der Waals surface area contributed by atoms with Gasteiger partial charge in [0.05, 0.1) is 10.2 Å². The minimum atomic E-state index is -0.564. The van der Waals surface area contributed by atoms with E-state index in [4.69, 9.17) is 11.6 Å². The summed E-state index contributed by atoms with van der Waals surface area (Å²) in [6.45, 7) is 0. The molecule has 2 rings (SSSR count). The maximum atomic E-state index is 13.5. The van der Waals surface area contributed by atoms with Crippen molar-refractivity contribution < 1.29 is 8.78 Å². The van der Waals surface area contributed by atoms with Gasteiger partial charge < -0.3 is 5.32 Å². The summed E-state index contributed by atoms with van der Waals surface area (Å²) in [5.41, 5.74) is 0.568. The van der Waals surface area contributed by atoms with E-state index < -0.39 is 11.6 Å². The number of halogens is 4. The van der Waals surface area contributed by atoms with Crippen molar-refractivity contribution in [2.75, 3.05) is 5.32 Å². The average Bonchev–Trinajstić information content (AvgIpc) is 2.26. The molecule has 0 radical (unpaired) electrons. The second-order valence-corrected chi connectivity index (χ2v) is 4.48. The first-order chi connectivity index (χ1) is 8.06. The highest BCUT2D eigenvalue weighted by Gasteiger charge is 2.08. The van der Waals surface area contributed by atoms with Crippen molar-refractivity contribution in [3.05, 3.63) is 51.7 Å². The molecule has 1 N–H and O–H groups in total. The summed E-state index contributed by atoms with van der Waals surface area (Å²) >= 11 is 8.58. The van der Waals surface area contributed by atoms with E-state index in [-0.39, 0.29) is 15.3 Å². The summed E-state index contributed by atoms with van der Waals surface area (Å²) in [5, 5.41) is 2.99.